The SMILES string of the molecule is CCOC(CSSSSCC(OCC)(OCC)[SiH2]CC)(OCC)[SiH2]CC. The van der Waals surface area contributed by atoms with Crippen molar-refractivity contribution in [2.24, 2.45) is 0 Å². The fraction of sp³-hybridized carbons (Fsp3) is 1.00. The maximum atomic E-state index is 6.02. The van der Waals surface area contributed by atoms with Crippen molar-refractivity contribution in [3.63, 3.8) is 0 Å². The highest BCUT2D eigenvalue weighted by Crippen LogP contribution is 2.45. The first-order valence-electron chi connectivity index (χ1n) is 9.71. The largest absolute Gasteiger partial charge is 0.354 e. The predicted molar refractivity (Wildman–Crippen MR) is 130 cm³/mol. The van der Waals surface area contributed by atoms with Gasteiger partial charge >= 0.3 is 0 Å². The summed E-state index contributed by atoms with van der Waals surface area (Å²) in [6.45, 7) is 15.6. The fourth-order valence-electron chi connectivity index (χ4n) is 2.76. The summed E-state index contributed by atoms with van der Waals surface area (Å²) in [6.07, 6.45) is 0. The van der Waals surface area contributed by atoms with Crippen LogP contribution in [0.2, 0.25) is 12.1 Å². The average molecular weight is 479 g/mol. The Labute approximate surface area is 181 Å². The summed E-state index contributed by atoms with van der Waals surface area (Å²) in [5.41, 5.74) is -0.618. The molecule has 10 heteroatoms. The second-order valence-corrected chi connectivity index (χ2v) is 16.9. The molecular formula is C16H38O4S4Si2. The molecule has 0 amide bonds. The van der Waals surface area contributed by atoms with E-state index in [0.717, 1.165) is 11.5 Å². The molecule has 0 aromatic carbocycles. The van der Waals surface area contributed by atoms with Gasteiger partial charge in [0.2, 0.25) is 0 Å². The summed E-state index contributed by atoms with van der Waals surface area (Å²) >= 11 is 0. The van der Waals surface area contributed by atoms with E-state index in [1.807, 2.05) is 41.2 Å². The van der Waals surface area contributed by atoms with Crippen LogP contribution in [-0.2, 0) is 18.9 Å². The number of rotatable bonds is 19. The zero-order valence-electron chi connectivity index (χ0n) is 17.3. The van der Waals surface area contributed by atoms with E-state index in [9.17, 15) is 0 Å². The Morgan fingerprint density at radius 3 is 1.12 bits per heavy atom. The highest BCUT2D eigenvalue weighted by Gasteiger charge is 2.32. The van der Waals surface area contributed by atoms with Crippen molar-refractivity contribution in [2.45, 2.75) is 64.5 Å². The Balaban J connectivity index is 4.35. The van der Waals surface area contributed by atoms with Gasteiger partial charge in [0.15, 0.2) is 10.8 Å². The fourth-order valence-corrected chi connectivity index (χ4v) is 14.5. The van der Waals surface area contributed by atoms with Crippen LogP contribution in [0, 0.1) is 0 Å². The van der Waals surface area contributed by atoms with Gasteiger partial charge in [0.1, 0.15) is 0 Å². The molecule has 0 saturated carbocycles. The molecule has 0 saturated heterocycles. The summed E-state index contributed by atoms with van der Waals surface area (Å²) in [7, 11) is 6.51. The van der Waals surface area contributed by atoms with Crippen LogP contribution in [-0.4, -0.2) is 67.8 Å². The van der Waals surface area contributed by atoms with Crippen LogP contribution in [0.1, 0.15) is 41.5 Å². The maximum Gasteiger partial charge on any atom is 0.154 e. The number of ether oxygens (including phenoxy) is 4. The standard InChI is InChI=1S/C16H38O4S4Si2/c1-7-17-15(18-8-2,25-11-5)13-21-23-24-22-14-16(19-9-3,20-10-4)26-12-6/h7-14,25-26H2,1-6H3. The predicted octanol–water partition coefficient (Wildman–Crippen LogP) is 4.33. The van der Waals surface area contributed by atoms with Gasteiger partial charge in [0.05, 0.1) is 30.5 Å². The van der Waals surface area contributed by atoms with Crippen molar-refractivity contribution >= 4 is 60.3 Å². The van der Waals surface area contributed by atoms with Crippen molar-refractivity contribution in [3.05, 3.63) is 0 Å². The lowest BCUT2D eigenvalue weighted by molar-refractivity contribution is -0.159. The summed E-state index contributed by atoms with van der Waals surface area (Å²) in [5, 5.41) is 0. The summed E-state index contributed by atoms with van der Waals surface area (Å²) in [5.74, 6) is 1.80. The molecule has 4 nitrogen and oxygen atoms in total. The van der Waals surface area contributed by atoms with Crippen LogP contribution < -0.4 is 0 Å². The van der Waals surface area contributed by atoms with E-state index >= 15 is 0 Å². The van der Waals surface area contributed by atoms with Crippen LogP contribution >= 0.6 is 41.2 Å². The molecule has 0 aliphatic rings. The molecule has 0 aromatic rings. The monoisotopic (exact) mass is 478 g/mol. The Hall–Kier alpha value is 1.67. The molecule has 0 bridgehead atoms. The van der Waals surface area contributed by atoms with Crippen molar-refractivity contribution in [1.82, 2.24) is 0 Å². The Bertz CT molecular complexity index is 267. The van der Waals surface area contributed by atoms with Gasteiger partial charge in [-0.25, -0.2) is 0 Å². The van der Waals surface area contributed by atoms with Crippen LogP contribution in [0.5, 0.6) is 0 Å². The first kappa shape index (κ1) is 27.7. The molecule has 158 valence electrons. The second kappa shape index (κ2) is 17.5. The molecule has 0 fully saturated rings. The van der Waals surface area contributed by atoms with Gasteiger partial charge in [-0.15, -0.1) is 0 Å². The molecule has 0 N–H and O–H groups in total. The molecule has 26 heavy (non-hydrogen) atoms. The molecule has 0 aromatic heterocycles. The third-order valence-electron chi connectivity index (χ3n) is 3.57. The van der Waals surface area contributed by atoms with E-state index in [0.29, 0.717) is 26.4 Å². The molecule has 0 atom stereocenters. The van der Waals surface area contributed by atoms with E-state index < -0.39 is 19.0 Å². The lowest BCUT2D eigenvalue weighted by atomic mass is 10.7. The van der Waals surface area contributed by atoms with Gasteiger partial charge in [-0.3, -0.25) is 0 Å². The molecule has 0 unspecified atom stereocenters. The third kappa shape index (κ3) is 11.6. The van der Waals surface area contributed by atoms with Gasteiger partial charge < -0.3 is 18.9 Å². The number of hydrogen-bond donors (Lipinski definition) is 0. The Morgan fingerprint density at radius 1 is 0.577 bits per heavy atom. The Morgan fingerprint density at radius 2 is 0.885 bits per heavy atom. The van der Waals surface area contributed by atoms with Gasteiger partial charge in [-0.1, -0.05) is 47.5 Å². The topological polar surface area (TPSA) is 36.9 Å². The van der Waals surface area contributed by atoms with Gasteiger partial charge in [-0.2, -0.15) is 0 Å². The van der Waals surface area contributed by atoms with Crippen LogP contribution in [0.25, 0.3) is 0 Å². The Kier molecular flexibility index (Phi) is 18.7. The van der Waals surface area contributed by atoms with E-state index in [-0.39, 0.29) is 10.8 Å². The van der Waals surface area contributed by atoms with Crippen molar-refractivity contribution in [3.8, 4) is 0 Å². The van der Waals surface area contributed by atoms with E-state index in [1.54, 1.807) is 0 Å². The summed E-state index contributed by atoms with van der Waals surface area (Å²) in [4.78, 5) is 0. The van der Waals surface area contributed by atoms with E-state index in [1.165, 1.54) is 12.1 Å². The quantitative estimate of drug-likeness (QED) is 0.117. The number of hydrogen-bond acceptors (Lipinski definition) is 8. The first-order chi connectivity index (χ1) is 12.6. The van der Waals surface area contributed by atoms with Gasteiger partial charge in [0, 0.05) is 26.4 Å². The zero-order chi connectivity index (χ0) is 19.7. The van der Waals surface area contributed by atoms with E-state index in [4.69, 9.17) is 18.9 Å². The van der Waals surface area contributed by atoms with Crippen LogP contribution in [0.15, 0.2) is 0 Å². The van der Waals surface area contributed by atoms with Gasteiger partial charge in [0.25, 0.3) is 0 Å². The van der Waals surface area contributed by atoms with Crippen LogP contribution in [0.3, 0.4) is 0 Å². The van der Waals surface area contributed by atoms with Crippen LogP contribution in [0.4, 0.5) is 0 Å². The molecule has 0 radical (unpaired) electrons. The normalized spacial score (nSPS) is 13.6. The van der Waals surface area contributed by atoms with Crippen molar-refractivity contribution in [1.29, 1.82) is 0 Å². The van der Waals surface area contributed by atoms with Crippen molar-refractivity contribution in [2.75, 3.05) is 37.9 Å². The second-order valence-electron chi connectivity index (χ2n) is 5.71. The summed E-state index contributed by atoms with van der Waals surface area (Å²) < 4.78 is 24.1. The first-order valence-corrected chi connectivity index (χ1v) is 18.3. The van der Waals surface area contributed by atoms with Crippen molar-refractivity contribution < 1.29 is 18.9 Å². The minimum Gasteiger partial charge on any atom is -0.354 e. The smallest absolute Gasteiger partial charge is 0.154 e. The maximum absolute atomic E-state index is 6.02. The zero-order valence-corrected chi connectivity index (χ0v) is 23.4. The molecule has 0 aliphatic heterocycles. The highest BCUT2D eigenvalue weighted by molar-refractivity contribution is 9.26. The molecule has 0 rings (SSSR count). The molecular weight excluding hydrogens is 441 g/mol. The lowest BCUT2D eigenvalue weighted by Gasteiger charge is -2.33. The molecule has 0 aliphatic carbocycles. The highest BCUT2D eigenvalue weighted by atomic mass is 33.7. The minimum atomic E-state index is -0.405. The average Bonchev–Trinajstić information content (AvgIpc) is 2.59. The van der Waals surface area contributed by atoms with Gasteiger partial charge in [-0.05, 0) is 47.3 Å². The van der Waals surface area contributed by atoms with E-state index in [2.05, 4.69) is 41.5 Å². The minimum absolute atomic E-state index is 0.309. The lowest BCUT2D eigenvalue weighted by Crippen LogP contribution is -2.44. The molecule has 0 heterocycles. The summed E-state index contributed by atoms with van der Waals surface area (Å²) in [6, 6.07) is 2.39. The molecule has 0 spiro atoms. The third-order valence-corrected chi connectivity index (χ3v) is 14.7.